The van der Waals surface area contributed by atoms with E-state index in [-0.39, 0.29) is 14.7 Å². The standard InChI is InChI=1S/C8H13ClN2O3S2/c1-6(5-14-3)11(2)16(12,13)7-4-10-8(9)15-7/h4,6H,5H2,1-3H3. The summed E-state index contributed by atoms with van der Waals surface area (Å²) in [6, 6.07) is -0.240. The molecule has 5 nitrogen and oxygen atoms in total. The van der Waals surface area contributed by atoms with Crippen molar-refractivity contribution >= 4 is 33.0 Å². The summed E-state index contributed by atoms with van der Waals surface area (Å²) < 4.78 is 30.6. The third-order valence-corrected chi connectivity index (χ3v) is 5.64. The van der Waals surface area contributed by atoms with E-state index in [0.29, 0.717) is 6.61 Å². The van der Waals surface area contributed by atoms with Gasteiger partial charge in [-0.05, 0) is 6.92 Å². The van der Waals surface area contributed by atoms with Gasteiger partial charge >= 0.3 is 0 Å². The molecule has 0 N–H and O–H groups in total. The first-order valence-corrected chi connectivity index (χ1v) is 7.11. The Morgan fingerprint density at radius 1 is 1.69 bits per heavy atom. The van der Waals surface area contributed by atoms with Crippen molar-refractivity contribution in [3.8, 4) is 0 Å². The Hall–Kier alpha value is -0.210. The fraction of sp³-hybridized carbons (Fsp3) is 0.625. The van der Waals surface area contributed by atoms with Gasteiger partial charge < -0.3 is 4.74 Å². The van der Waals surface area contributed by atoms with Gasteiger partial charge in [-0.1, -0.05) is 22.9 Å². The normalized spacial score (nSPS) is 14.3. The number of methoxy groups -OCH3 is 1. The second kappa shape index (κ2) is 5.42. The van der Waals surface area contributed by atoms with Crippen LogP contribution in [0.15, 0.2) is 10.4 Å². The van der Waals surface area contributed by atoms with E-state index in [2.05, 4.69) is 4.98 Å². The lowest BCUT2D eigenvalue weighted by atomic mass is 10.4. The van der Waals surface area contributed by atoms with Crippen LogP contribution in [-0.2, 0) is 14.8 Å². The predicted octanol–water partition coefficient (Wildman–Crippen LogP) is 1.45. The summed E-state index contributed by atoms with van der Waals surface area (Å²) in [6.45, 7) is 2.10. The largest absolute Gasteiger partial charge is 0.383 e. The minimum atomic E-state index is -3.51. The molecule has 1 heterocycles. The van der Waals surface area contributed by atoms with E-state index in [1.807, 2.05) is 0 Å². The molecule has 0 spiro atoms. The molecule has 1 atom stereocenters. The van der Waals surface area contributed by atoms with Gasteiger partial charge in [0.05, 0.1) is 12.8 Å². The summed E-state index contributed by atoms with van der Waals surface area (Å²) in [4.78, 5) is 3.72. The molecule has 0 amide bonds. The summed E-state index contributed by atoms with van der Waals surface area (Å²) in [5, 5.41) is 0. The van der Waals surface area contributed by atoms with E-state index in [0.717, 1.165) is 11.3 Å². The Morgan fingerprint density at radius 2 is 2.31 bits per heavy atom. The highest BCUT2D eigenvalue weighted by Crippen LogP contribution is 2.25. The lowest BCUT2D eigenvalue weighted by molar-refractivity contribution is 0.149. The highest BCUT2D eigenvalue weighted by molar-refractivity contribution is 7.91. The number of aromatic nitrogens is 1. The van der Waals surface area contributed by atoms with Gasteiger partial charge in [-0.3, -0.25) is 0 Å². The Kier molecular flexibility index (Phi) is 4.69. The Morgan fingerprint density at radius 3 is 2.75 bits per heavy atom. The smallest absolute Gasteiger partial charge is 0.254 e. The van der Waals surface area contributed by atoms with Crippen molar-refractivity contribution in [2.75, 3.05) is 20.8 Å². The molecular formula is C8H13ClN2O3S2. The van der Waals surface area contributed by atoms with Crippen LogP contribution in [0.3, 0.4) is 0 Å². The first-order valence-electron chi connectivity index (χ1n) is 4.48. The number of nitrogens with zero attached hydrogens (tertiary/aromatic N) is 2. The summed E-state index contributed by atoms with van der Waals surface area (Å²) in [7, 11) is -0.480. The minimum absolute atomic E-state index is 0.142. The lowest BCUT2D eigenvalue weighted by Gasteiger charge is -2.22. The van der Waals surface area contributed by atoms with Crippen LogP contribution in [0.2, 0.25) is 4.47 Å². The molecule has 0 aliphatic rings. The molecule has 0 radical (unpaired) electrons. The van der Waals surface area contributed by atoms with Crippen molar-refractivity contribution in [3.05, 3.63) is 10.7 Å². The van der Waals surface area contributed by atoms with Crippen molar-refractivity contribution in [2.24, 2.45) is 0 Å². The van der Waals surface area contributed by atoms with Crippen molar-refractivity contribution < 1.29 is 13.2 Å². The van der Waals surface area contributed by atoms with Gasteiger partial charge in [0.1, 0.15) is 0 Å². The molecule has 1 aromatic heterocycles. The number of hydrogen-bond acceptors (Lipinski definition) is 5. The molecule has 0 saturated heterocycles. The monoisotopic (exact) mass is 284 g/mol. The van der Waals surface area contributed by atoms with Crippen LogP contribution in [0.4, 0.5) is 0 Å². The molecule has 0 saturated carbocycles. The number of thiazole rings is 1. The summed E-state index contributed by atoms with van der Waals surface area (Å²) in [5.74, 6) is 0. The highest BCUT2D eigenvalue weighted by Gasteiger charge is 2.27. The molecule has 0 bridgehead atoms. The average molecular weight is 285 g/mol. The van der Waals surface area contributed by atoms with Gasteiger partial charge in [0.2, 0.25) is 0 Å². The first kappa shape index (κ1) is 13.9. The van der Waals surface area contributed by atoms with Crippen LogP contribution >= 0.6 is 22.9 Å². The summed E-state index contributed by atoms with van der Waals surface area (Å²) in [5.41, 5.74) is 0. The molecule has 16 heavy (non-hydrogen) atoms. The van der Waals surface area contributed by atoms with Crippen LogP contribution in [0.5, 0.6) is 0 Å². The number of rotatable bonds is 5. The van der Waals surface area contributed by atoms with Crippen LogP contribution in [-0.4, -0.2) is 44.5 Å². The van der Waals surface area contributed by atoms with Crippen LogP contribution in [0.25, 0.3) is 0 Å². The molecule has 1 unspecified atom stereocenters. The van der Waals surface area contributed by atoms with Crippen molar-refractivity contribution in [3.63, 3.8) is 0 Å². The molecule has 1 aromatic rings. The van der Waals surface area contributed by atoms with Gasteiger partial charge in [-0.2, -0.15) is 4.31 Å². The molecule has 0 aliphatic heterocycles. The van der Waals surface area contributed by atoms with Gasteiger partial charge in [0.25, 0.3) is 10.0 Å². The molecular weight excluding hydrogens is 272 g/mol. The topological polar surface area (TPSA) is 59.5 Å². The number of ether oxygens (including phenoxy) is 1. The zero-order chi connectivity index (χ0) is 12.3. The molecule has 0 fully saturated rings. The fourth-order valence-corrected chi connectivity index (χ4v) is 3.91. The second-order valence-electron chi connectivity index (χ2n) is 3.26. The van der Waals surface area contributed by atoms with Crippen molar-refractivity contribution in [1.29, 1.82) is 0 Å². The average Bonchev–Trinajstić information content (AvgIpc) is 2.64. The van der Waals surface area contributed by atoms with Crippen LogP contribution in [0.1, 0.15) is 6.92 Å². The number of halogens is 1. The van der Waals surface area contributed by atoms with E-state index in [1.54, 1.807) is 6.92 Å². The SMILES string of the molecule is COCC(C)N(C)S(=O)(=O)c1cnc(Cl)s1. The van der Waals surface area contributed by atoms with Crippen LogP contribution < -0.4 is 0 Å². The van der Waals surface area contributed by atoms with Gasteiger partial charge in [-0.25, -0.2) is 13.4 Å². The van der Waals surface area contributed by atoms with E-state index < -0.39 is 10.0 Å². The maximum Gasteiger partial charge on any atom is 0.254 e. The highest BCUT2D eigenvalue weighted by atomic mass is 35.5. The van der Waals surface area contributed by atoms with Gasteiger partial charge in [0.15, 0.2) is 8.68 Å². The van der Waals surface area contributed by atoms with Gasteiger partial charge in [0, 0.05) is 20.2 Å². The Labute approximate surface area is 104 Å². The number of hydrogen-bond donors (Lipinski definition) is 0. The van der Waals surface area contributed by atoms with Crippen molar-refractivity contribution in [1.82, 2.24) is 9.29 Å². The zero-order valence-corrected chi connectivity index (χ0v) is 11.6. The fourth-order valence-electron chi connectivity index (χ4n) is 1.08. The molecule has 92 valence electrons. The first-order chi connectivity index (χ1) is 7.39. The van der Waals surface area contributed by atoms with Crippen molar-refractivity contribution in [2.45, 2.75) is 17.2 Å². The Bertz CT molecular complexity index is 446. The quantitative estimate of drug-likeness (QED) is 0.821. The molecule has 0 aliphatic carbocycles. The predicted molar refractivity (Wildman–Crippen MR) is 63.4 cm³/mol. The van der Waals surface area contributed by atoms with E-state index in [4.69, 9.17) is 16.3 Å². The lowest BCUT2D eigenvalue weighted by Crippen LogP contribution is -2.37. The van der Waals surface area contributed by atoms with E-state index in [1.165, 1.54) is 24.7 Å². The molecule has 0 aromatic carbocycles. The maximum atomic E-state index is 12.0. The van der Waals surface area contributed by atoms with Gasteiger partial charge in [-0.15, -0.1) is 0 Å². The minimum Gasteiger partial charge on any atom is -0.383 e. The third-order valence-electron chi connectivity index (χ3n) is 2.12. The summed E-state index contributed by atoms with van der Waals surface area (Å²) >= 11 is 6.55. The maximum absolute atomic E-state index is 12.0. The summed E-state index contributed by atoms with van der Waals surface area (Å²) in [6.07, 6.45) is 1.26. The van der Waals surface area contributed by atoms with E-state index in [9.17, 15) is 8.42 Å². The number of sulfonamides is 1. The molecule has 1 rings (SSSR count). The van der Waals surface area contributed by atoms with Crippen LogP contribution in [0, 0.1) is 0 Å². The Balaban J connectivity index is 2.94. The molecule has 8 heteroatoms. The number of likely N-dealkylation sites (N-methyl/N-ethyl adjacent to an activating group) is 1. The third kappa shape index (κ3) is 2.92. The second-order valence-corrected chi connectivity index (χ2v) is 7.09. The zero-order valence-electron chi connectivity index (χ0n) is 9.18. The van der Waals surface area contributed by atoms with E-state index >= 15 is 0 Å².